The van der Waals surface area contributed by atoms with Crippen LogP contribution in [0.3, 0.4) is 0 Å². The number of aliphatic hydroxyl groups is 5. The van der Waals surface area contributed by atoms with E-state index in [9.17, 15) is 50.8 Å². The molecule has 15 nitrogen and oxygen atoms in total. The average molecular weight is 625 g/mol. The first kappa shape index (κ1) is 33.4. The van der Waals surface area contributed by atoms with Crippen molar-refractivity contribution in [2.24, 2.45) is 0 Å². The summed E-state index contributed by atoms with van der Waals surface area (Å²) in [7, 11) is 0. The predicted molar refractivity (Wildman–Crippen MR) is 147 cm³/mol. The maximum atomic E-state index is 12.8. The van der Waals surface area contributed by atoms with E-state index in [0.717, 1.165) is 6.08 Å². The second-order valence-electron chi connectivity index (χ2n) is 10.4. The molecule has 2 saturated heterocycles. The number of ether oxygens (including phenoxy) is 5. The molecule has 44 heavy (non-hydrogen) atoms. The Bertz CT molecular complexity index is 1300. The molecule has 2 aromatic rings. The minimum absolute atomic E-state index is 0.0754. The lowest BCUT2D eigenvalue weighted by Crippen LogP contribution is -2.65. The van der Waals surface area contributed by atoms with Crippen LogP contribution in [-0.2, 0) is 34.9 Å². The minimum atomic E-state index is -1.77. The summed E-state index contributed by atoms with van der Waals surface area (Å²) >= 11 is 0. The molecule has 2 aliphatic rings. The summed E-state index contributed by atoms with van der Waals surface area (Å²) in [6.45, 7) is 0.606. The van der Waals surface area contributed by atoms with Crippen molar-refractivity contribution in [3.8, 4) is 23.0 Å². The van der Waals surface area contributed by atoms with E-state index in [4.69, 9.17) is 23.7 Å². The lowest BCUT2D eigenvalue weighted by Gasteiger charge is -2.46. The normalized spacial score (nSPS) is 32.5. The van der Waals surface area contributed by atoms with Gasteiger partial charge in [0.15, 0.2) is 41.7 Å². The Balaban J connectivity index is 1.52. The number of phenols is 4. The highest BCUT2D eigenvalue weighted by Crippen LogP contribution is 2.32. The summed E-state index contributed by atoms with van der Waals surface area (Å²) in [5, 5.41) is 90.5. The van der Waals surface area contributed by atoms with Crippen molar-refractivity contribution in [2.75, 3.05) is 13.2 Å². The molecule has 0 aromatic heterocycles. The van der Waals surface area contributed by atoms with E-state index >= 15 is 0 Å². The smallest absolute Gasteiger partial charge is 0.331 e. The van der Waals surface area contributed by atoms with E-state index in [2.05, 4.69) is 0 Å². The molecule has 2 aromatic carbocycles. The SMILES string of the molecule is C[C@@H]1O[C@@H](O[C@@H]2[C@@H](O)[C@H](OCCc3ccc(O)c(O)c3)O[C@H](CO)[C@H]2OC(=O)C=Cc2ccc(O)c(O)c2)[C@@H](O)[C@H](O)[C@H]1O. The van der Waals surface area contributed by atoms with Gasteiger partial charge in [0.05, 0.1) is 19.3 Å². The Hall–Kier alpha value is -3.51. The number of hydrogen-bond donors (Lipinski definition) is 9. The molecular weight excluding hydrogens is 588 g/mol. The van der Waals surface area contributed by atoms with Gasteiger partial charge in [0, 0.05) is 6.08 Å². The lowest BCUT2D eigenvalue weighted by atomic mass is 9.97. The third-order valence-corrected chi connectivity index (χ3v) is 7.27. The number of benzene rings is 2. The second kappa shape index (κ2) is 14.5. The number of carbonyl (C=O) groups excluding carboxylic acids is 1. The Morgan fingerprint density at radius 1 is 0.818 bits per heavy atom. The van der Waals surface area contributed by atoms with Gasteiger partial charge in [-0.3, -0.25) is 0 Å². The van der Waals surface area contributed by atoms with Crippen LogP contribution in [0.25, 0.3) is 6.08 Å². The van der Waals surface area contributed by atoms with Crippen molar-refractivity contribution in [3.63, 3.8) is 0 Å². The number of esters is 1. The van der Waals surface area contributed by atoms with Crippen LogP contribution in [0.5, 0.6) is 23.0 Å². The van der Waals surface area contributed by atoms with Gasteiger partial charge >= 0.3 is 5.97 Å². The summed E-state index contributed by atoms with van der Waals surface area (Å²) in [4.78, 5) is 12.8. The van der Waals surface area contributed by atoms with Crippen molar-refractivity contribution in [1.29, 1.82) is 0 Å². The topological polar surface area (TPSA) is 245 Å². The maximum absolute atomic E-state index is 12.8. The van der Waals surface area contributed by atoms with Gasteiger partial charge in [0.2, 0.25) is 0 Å². The summed E-state index contributed by atoms with van der Waals surface area (Å²) < 4.78 is 28.2. The molecule has 10 atom stereocenters. The average Bonchev–Trinajstić information content (AvgIpc) is 2.99. The van der Waals surface area contributed by atoms with Crippen molar-refractivity contribution in [1.82, 2.24) is 0 Å². The molecule has 15 heteroatoms. The summed E-state index contributed by atoms with van der Waals surface area (Å²) in [5.41, 5.74) is 0.914. The van der Waals surface area contributed by atoms with Crippen molar-refractivity contribution in [2.45, 2.75) is 74.8 Å². The van der Waals surface area contributed by atoms with E-state index < -0.39 is 79.7 Å². The van der Waals surface area contributed by atoms with E-state index in [1.807, 2.05) is 0 Å². The lowest BCUT2D eigenvalue weighted by molar-refractivity contribution is -0.357. The summed E-state index contributed by atoms with van der Waals surface area (Å²) in [6, 6.07) is 7.98. The standard InChI is InChI=1S/C29H36O15/c1-13-22(36)23(37)24(38)29(41-13)44-27-25(39)28(40-9-8-15-3-6-17(32)19(34)11-15)42-20(12-30)26(27)43-21(35)7-4-14-2-5-16(31)18(33)10-14/h2-7,10-11,13,20,22-34,36-39H,8-9,12H2,1H3/t13-,20+,22-,23+,24-,25+,26+,27+,28+,29-/m0/s1. The number of rotatable bonds is 10. The third kappa shape index (κ3) is 7.76. The van der Waals surface area contributed by atoms with Crippen LogP contribution in [0, 0.1) is 0 Å². The summed E-state index contributed by atoms with van der Waals surface area (Å²) in [6.07, 6.45) is -12.6. The van der Waals surface area contributed by atoms with Crippen molar-refractivity contribution < 1.29 is 74.4 Å². The number of aromatic hydroxyl groups is 4. The third-order valence-electron chi connectivity index (χ3n) is 7.27. The Labute approximate surface area is 251 Å². The van der Waals surface area contributed by atoms with Gasteiger partial charge in [0.1, 0.15) is 36.6 Å². The molecule has 0 radical (unpaired) electrons. The monoisotopic (exact) mass is 624 g/mol. The predicted octanol–water partition coefficient (Wildman–Crippen LogP) is -1.02. The number of aliphatic hydroxyl groups excluding tert-OH is 5. The summed E-state index contributed by atoms with van der Waals surface area (Å²) in [5.74, 6) is -2.40. The largest absolute Gasteiger partial charge is 0.504 e. The van der Waals surface area contributed by atoms with Crippen LogP contribution in [-0.4, -0.2) is 127 Å². The van der Waals surface area contributed by atoms with E-state index in [1.54, 1.807) is 6.07 Å². The number of hydrogen-bond acceptors (Lipinski definition) is 15. The fourth-order valence-corrected chi connectivity index (χ4v) is 4.76. The molecule has 4 rings (SSSR count). The first-order chi connectivity index (χ1) is 20.9. The molecule has 0 bridgehead atoms. The maximum Gasteiger partial charge on any atom is 0.331 e. The van der Waals surface area contributed by atoms with Crippen LogP contribution in [0.15, 0.2) is 42.5 Å². The van der Waals surface area contributed by atoms with Crippen LogP contribution < -0.4 is 0 Å². The van der Waals surface area contributed by atoms with Gasteiger partial charge in [-0.25, -0.2) is 4.79 Å². The molecular formula is C29H36O15. The number of phenolic OH excluding ortho intramolecular Hbond substituents is 4. The first-order valence-electron chi connectivity index (χ1n) is 13.7. The molecule has 0 unspecified atom stereocenters. The van der Waals surface area contributed by atoms with Crippen LogP contribution >= 0.6 is 0 Å². The minimum Gasteiger partial charge on any atom is -0.504 e. The van der Waals surface area contributed by atoms with Crippen molar-refractivity contribution >= 4 is 12.0 Å². The molecule has 9 N–H and O–H groups in total. The fourth-order valence-electron chi connectivity index (χ4n) is 4.76. The fraction of sp³-hybridized carbons (Fsp3) is 0.483. The van der Waals surface area contributed by atoms with Crippen LogP contribution in [0.1, 0.15) is 18.1 Å². The zero-order valence-corrected chi connectivity index (χ0v) is 23.5. The van der Waals surface area contributed by atoms with E-state index in [0.29, 0.717) is 11.1 Å². The Morgan fingerprint density at radius 3 is 2.16 bits per heavy atom. The first-order valence-corrected chi connectivity index (χ1v) is 13.7. The van der Waals surface area contributed by atoms with Gasteiger partial charge in [0.25, 0.3) is 0 Å². The van der Waals surface area contributed by atoms with Gasteiger partial charge in [-0.2, -0.15) is 0 Å². The zero-order valence-electron chi connectivity index (χ0n) is 23.5. The van der Waals surface area contributed by atoms with Gasteiger partial charge in [-0.05, 0) is 54.8 Å². The molecule has 0 amide bonds. The highest BCUT2D eigenvalue weighted by Gasteiger charge is 2.52. The van der Waals surface area contributed by atoms with Gasteiger partial charge in [-0.15, -0.1) is 0 Å². The molecule has 0 saturated carbocycles. The zero-order chi connectivity index (χ0) is 32.1. The highest BCUT2D eigenvalue weighted by molar-refractivity contribution is 5.87. The highest BCUT2D eigenvalue weighted by atomic mass is 16.7. The molecule has 0 spiro atoms. The molecule has 2 aliphatic heterocycles. The van der Waals surface area contributed by atoms with E-state index in [-0.39, 0.29) is 30.3 Å². The second-order valence-corrected chi connectivity index (χ2v) is 10.4. The molecule has 242 valence electrons. The molecule has 2 fully saturated rings. The number of carbonyl (C=O) groups is 1. The van der Waals surface area contributed by atoms with Gasteiger partial charge in [-0.1, -0.05) is 12.1 Å². The Kier molecular flexibility index (Phi) is 11.0. The van der Waals surface area contributed by atoms with E-state index in [1.165, 1.54) is 43.3 Å². The Morgan fingerprint density at radius 2 is 1.50 bits per heavy atom. The van der Waals surface area contributed by atoms with Crippen LogP contribution in [0.2, 0.25) is 0 Å². The quantitative estimate of drug-likeness (QED) is 0.0873. The molecule has 2 heterocycles. The molecule has 0 aliphatic carbocycles. The van der Waals surface area contributed by atoms with Gasteiger partial charge < -0.3 is 69.6 Å². The van der Waals surface area contributed by atoms with Crippen LogP contribution in [0.4, 0.5) is 0 Å². The van der Waals surface area contributed by atoms with Crippen molar-refractivity contribution in [3.05, 3.63) is 53.6 Å².